The van der Waals surface area contributed by atoms with Crippen LogP contribution in [0.4, 0.5) is 4.39 Å². The first-order chi connectivity index (χ1) is 6.18. The minimum absolute atomic E-state index is 0.0180. The number of halogens is 2. The smallest absolute Gasteiger partial charge is 0.142 e. The fraction of sp³-hybridized carbons (Fsp3) is 0.400. The average molecular weight is 200 g/mol. The van der Waals surface area contributed by atoms with Crippen LogP contribution in [0.2, 0.25) is 5.02 Å². The van der Waals surface area contributed by atoms with Crippen molar-refractivity contribution in [1.29, 1.82) is 0 Å². The Morgan fingerprint density at radius 2 is 2.23 bits per heavy atom. The zero-order valence-corrected chi connectivity index (χ0v) is 7.94. The van der Waals surface area contributed by atoms with Crippen LogP contribution in [-0.4, -0.2) is 0 Å². The van der Waals surface area contributed by atoms with Gasteiger partial charge >= 0.3 is 0 Å². The van der Waals surface area contributed by atoms with Crippen LogP contribution in [0.5, 0.6) is 0 Å². The Morgan fingerprint density at radius 1 is 1.46 bits per heavy atom. The van der Waals surface area contributed by atoms with Crippen LogP contribution in [0.25, 0.3) is 0 Å². The molecule has 3 heteroatoms. The first-order valence-electron chi connectivity index (χ1n) is 4.42. The highest BCUT2D eigenvalue weighted by atomic mass is 35.5. The van der Waals surface area contributed by atoms with Crippen molar-refractivity contribution in [3.8, 4) is 0 Å². The van der Waals surface area contributed by atoms with Crippen LogP contribution in [0, 0.1) is 5.82 Å². The molecule has 1 aromatic rings. The van der Waals surface area contributed by atoms with Crippen LogP contribution in [-0.2, 0) is 6.42 Å². The second-order valence-electron chi connectivity index (χ2n) is 3.46. The van der Waals surface area contributed by atoms with E-state index in [0.717, 1.165) is 30.4 Å². The van der Waals surface area contributed by atoms with Gasteiger partial charge in [-0.15, -0.1) is 0 Å². The third kappa shape index (κ3) is 1.56. The Morgan fingerprint density at radius 3 is 3.00 bits per heavy atom. The van der Waals surface area contributed by atoms with E-state index in [2.05, 4.69) is 0 Å². The molecule has 1 aliphatic carbocycles. The normalized spacial score (nSPS) is 21.3. The van der Waals surface area contributed by atoms with E-state index in [1.54, 1.807) is 6.07 Å². The predicted molar refractivity (Wildman–Crippen MR) is 51.3 cm³/mol. The number of hydrogen-bond donors (Lipinski definition) is 1. The van der Waals surface area contributed by atoms with Crippen LogP contribution < -0.4 is 5.73 Å². The molecule has 0 radical (unpaired) electrons. The molecule has 1 nitrogen and oxygen atoms in total. The van der Waals surface area contributed by atoms with E-state index in [1.807, 2.05) is 0 Å². The molecule has 0 bridgehead atoms. The lowest BCUT2D eigenvalue weighted by molar-refractivity contribution is 0.557. The molecular formula is C10H11ClFN. The molecule has 0 aromatic heterocycles. The molecule has 0 spiro atoms. The summed E-state index contributed by atoms with van der Waals surface area (Å²) in [4.78, 5) is 0. The van der Waals surface area contributed by atoms with Gasteiger partial charge in [0.2, 0.25) is 0 Å². The van der Waals surface area contributed by atoms with Crippen LogP contribution in [0.3, 0.4) is 0 Å². The molecule has 2 rings (SSSR count). The Balaban J connectivity index is 2.52. The van der Waals surface area contributed by atoms with Crippen molar-refractivity contribution in [2.45, 2.75) is 25.3 Å². The summed E-state index contributed by atoms with van der Waals surface area (Å²) in [7, 11) is 0. The van der Waals surface area contributed by atoms with Gasteiger partial charge in [-0.1, -0.05) is 11.6 Å². The number of aryl methyl sites for hydroxylation is 1. The summed E-state index contributed by atoms with van der Waals surface area (Å²) in [6.45, 7) is 0. The van der Waals surface area contributed by atoms with E-state index >= 15 is 0 Å². The molecule has 2 N–H and O–H groups in total. The first-order valence-corrected chi connectivity index (χ1v) is 4.79. The summed E-state index contributed by atoms with van der Waals surface area (Å²) in [5.41, 5.74) is 7.88. The summed E-state index contributed by atoms with van der Waals surface area (Å²) in [6.07, 6.45) is 2.97. The minimum atomic E-state index is -0.363. The molecule has 0 fully saturated rings. The van der Waals surface area contributed by atoms with E-state index < -0.39 is 0 Å². The first kappa shape index (κ1) is 8.97. The molecule has 0 heterocycles. The van der Waals surface area contributed by atoms with Crippen LogP contribution in [0.15, 0.2) is 12.1 Å². The molecule has 0 aliphatic heterocycles. The van der Waals surface area contributed by atoms with Gasteiger partial charge in [0.05, 0.1) is 5.02 Å². The van der Waals surface area contributed by atoms with E-state index in [4.69, 9.17) is 17.3 Å². The number of hydrogen-bond acceptors (Lipinski definition) is 1. The van der Waals surface area contributed by atoms with Crippen molar-refractivity contribution in [2.24, 2.45) is 5.73 Å². The highest BCUT2D eigenvalue weighted by Crippen LogP contribution is 2.31. The van der Waals surface area contributed by atoms with Gasteiger partial charge in [-0.25, -0.2) is 4.39 Å². The van der Waals surface area contributed by atoms with Gasteiger partial charge < -0.3 is 5.73 Å². The third-order valence-corrected chi connectivity index (χ3v) is 2.83. The Hall–Kier alpha value is -0.600. The number of nitrogens with two attached hydrogens (primary N) is 1. The van der Waals surface area contributed by atoms with Crippen LogP contribution >= 0.6 is 11.6 Å². The second-order valence-corrected chi connectivity index (χ2v) is 3.87. The zero-order chi connectivity index (χ0) is 9.42. The van der Waals surface area contributed by atoms with Gasteiger partial charge in [-0.3, -0.25) is 0 Å². The van der Waals surface area contributed by atoms with Crippen molar-refractivity contribution in [3.63, 3.8) is 0 Å². The average Bonchev–Trinajstić information content (AvgIpc) is 2.09. The van der Waals surface area contributed by atoms with E-state index in [-0.39, 0.29) is 16.9 Å². The van der Waals surface area contributed by atoms with Gasteiger partial charge in [0.1, 0.15) is 5.82 Å². The lowest BCUT2D eigenvalue weighted by Crippen LogP contribution is -2.17. The standard InChI is InChI=1S/C10H11ClFN/c11-8-4-6-2-1-3-10(13)7(6)5-9(8)12/h4-5,10H,1-3,13H2. The quantitative estimate of drug-likeness (QED) is 0.683. The fourth-order valence-corrected chi connectivity index (χ4v) is 2.02. The van der Waals surface area contributed by atoms with Crippen molar-refractivity contribution in [1.82, 2.24) is 0 Å². The van der Waals surface area contributed by atoms with Gasteiger partial charge in [0.25, 0.3) is 0 Å². The zero-order valence-electron chi connectivity index (χ0n) is 7.19. The summed E-state index contributed by atoms with van der Waals surface area (Å²) in [6, 6.07) is 3.16. The lowest BCUT2D eigenvalue weighted by atomic mass is 9.88. The summed E-state index contributed by atoms with van der Waals surface area (Å²) >= 11 is 5.68. The van der Waals surface area contributed by atoms with Crippen molar-refractivity contribution < 1.29 is 4.39 Å². The summed E-state index contributed by atoms with van der Waals surface area (Å²) in [5, 5.41) is 0.202. The maximum atomic E-state index is 13.1. The highest BCUT2D eigenvalue weighted by molar-refractivity contribution is 6.30. The monoisotopic (exact) mass is 199 g/mol. The van der Waals surface area contributed by atoms with Crippen LogP contribution in [0.1, 0.15) is 30.0 Å². The Kier molecular flexibility index (Phi) is 2.26. The molecule has 0 saturated carbocycles. The SMILES string of the molecule is NC1CCCc2cc(Cl)c(F)cc21. The maximum Gasteiger partial charge on any atom is 0.142 e. The third-order valence-electron chi connectivity index (χ3n) is 2.54. The molecule has 1 unspecified atom stereocenters. The Labute approximate surface area is 81.7 Å². The summed E-state index contributed by atoms with van der Waals surface area (Å²) in [5.74, 6) is -0.363. The van der Waals surface area contributed by atoms with Gasteiger partial charge in [-0.05, 0) is 42.5 Å². The fourth-order valence-electron chi connectivity index (χ4n) is 1.83. The number of benzene rings is 1. The van der Waals surface area contributed by atoms with E-state index in [9.17, 15) is 4.39 Å². The lowest BCUT2D eigenvalue weighted by Gasteiger charge is -2.22. The van der Waals surface area contributed by atoms with E-state index in [0.29, 0.717) is 0 Å². The molecule has 1 aliphatic rings. The molecule has 0 amide bonds. The topological polar surface area (TPSA) is 26.0 Å². The molecule has 1 atom stereocenters. The molecule has 70 valence electrons. The highest BCUT2D eigenvalue weighted by Gasteiger charge is 2.18. The predicted octanol–water partition coefficient (Wildman–Crippen LogP) is 2.82. The van der Waals surface area contributed by atoms with Gasteiger partial charge in [-0.2, -0.15) is 0 Å². The number of fused-ring (bicyclic) bond motifs is 1. The van der Waals surface area contributed by atoms with Crippen molar-refractivity contribution in [3.05, 3.63) is 34.1 Å². The summed E-state index contributed by atoms with van der Waals surface area (Å²) < 4.78 is 13.1. The second kappa shape index (κ2) is 3.28. The Bertz CT molecular complexity index is 338. The van der Waals surface area contributed by atoms with E-state index in [1.165, 1.54) is 6.07 Å². The van der Waals surface area contributed by atoms with Crippen molar-refractivity contribution in [2.75, 3.05) is 0 Å². The molecule has 0 saturated heterocycles. The van der Waals surface area contributed by atoms with Gasteiger partial charge in [0, 0.05) is 6.04 Å². The largest absolute Gasteiger partial charge is 0.324 e. The number of rotatable bonds is 0. The molecule has 1 aromatic carbocycles. The van der Waals surface area contributed by atoms with Crippen molar-refractivity contribution >= 4 is 11.6 Å². The molecule has 13 heavy (non-hydrogen) atoms. The maximum absolute atomic E-state index is 13.1. The van der Waals surface area contributed by atoms with Gasteiger partial charge in [0.15, 0.2) is 0 Å². The molecular weight excluding hydrogens is 189 g/mol. The minimum Gasteiger partial charge on any atom is -0.324 e.